The Kier molecular flexibility index (Phi) is 6.75. The van der Waals surface area contributed by atoms with Crippen molar-refractivity contribution >= 4 is 48.6 Å². The first-order chi connectivity index (χ1) is 21.8. The molecule has 208 valence electrons. The van der Waals surface area contributed by atoms with E-state index in [1.807, 2.05) is 11.3 Å². The highest BCUT2D eigenvalue weighted by Gasteiger charge is 2.15. The number of benzene rings is 7. The van der Waals surface area contributed by atoms with E-state index in [9.17, 15) is 0 Å². The first-order valence-electron chi connectivity index (χ1n) is 14.9. The van der Waals surface area contributed by atoms with Crippen LogP contribution in [-0.2, 0) is 0 Å². The van der Waals surface area contributed by atoms with E-state index in [0.717, 1.165) is 17.1 Å². The highest BCUT2D eigenvalue weighted by Crippen LogP contribution is 2.40. The Morgan fingerprint density at radius 1 is 0.295 bits per heavy atom. The van der Waals surface area contributed by atoms with Crippen molar-refractivity contribution in [3.8, 4) is 33.4 Å². The number of nitrogens with zero attached hydrogens (tertiary/aromatic N) is 1. The van der Waals surface area contributed by atoms with Crippen molar-refractivity contribution in [1.82, 2.24) is 0 Å². The fourth-order valence-electron chi connectivity index (χ4n) is 6.07. The summed E-state index contributed by atoms with van der Waals surface area (Å²) in [6.07, 6.45) is 0. The molecule has 1 heterocycles. The van der Waals surface area contributed by atoms with Gasteiger partial charge >= 0.3 is 0 Å². The summed E-state index contributed by atoms with van der Waals surface area (Å²) in [4.78, 5) is 2.36. The summed E-state index contributed by atoms with van der Waals surface area (Å²) in [7, 11) is 0. The van der Waals surface area contributed by atoms with E-state index in [1.54, 1.807) is 0 Å². The molecule has 0 N–H and O–H groups in total. The van der Waals surface area contributed by atoms with Gasteiger partial charge in [-0.05, 0) is 88.0 Å². The lowest BCUT2D eigenvalue weighted by Gasteiger charge is -2.27. The molecule has 0 saturated carbocycles. The predicted molar refractivity (Wildman–Crippen MR) is 190 cm³/mol. The molecule has 0 atom stereocenters. The lowest BCUT2D eigenvalue weighted by atomic mass is 10.0. The van der Waals surface area contributed by atoms with Crippen molar-refractivity contribution in [3.63, 3.8) is 0 Å². The van der Waals surface area contributed by atoms with Gasteiger partial charge in [0.15, 0.2) is 0 Å². The zero-order valence-corrected chi connectivity index (χ0v) is 24.9. The maximum atomic E-state index is 2.36. The largest absolute Gasteiger partial charge is 0.310 e. The summed E-state index contributed by atoms with van der Waals surface area (Å²) in [5.41, 5.74) is 10.6. The summed E-state index contributed by atoms with van der Waals surface area (Å²) < 4.78 is 2.65. The van der Waals surface area contributed by atoms with Gasteiger partial charge in [0.25, 0.3) is 0 Å². The third-order valence-corrected chi connectivity index (χ3v) is 9.41. The van der Waals surface area contributed by atoms with Crippen molar-refractivity contribution in [2.24, 2.45) is 0 Å². The molecule has 0 aliphatic carbocycles. The summed E-state index contributed by atoms with van der Waals surface area (Å²) >= 11 is 1.86. The Morgan fingerprint density at radius 3 is 1.45 bits per heavy atom. The zero-order chi connectivity index (χ0) is 29.3. The molecule has 0 unspecified atom stereocenters. The average Bonchev–Trinajstić information content (AvgIpc) is 3.48. The molecule has 0 radical (unpaired) electrons. The standard InChI is InChI=1S/C42H29NS/c1-3-11-30(12-4-1)32-21-24-36(25-22-32)43(37-17-9-15-33(27-37)31-13-5-2-6-14-31)38-18-10-16-34(28-38)35-23-26-42-40(29-35)39-19-7-8-20-41(39)44-42/h1-29H. The average molecular weight is 580 g/mol. The van der Waals surface area contributed by atoms with Crippen LogP contribution < -0.4 is 4.90 Å². The van der Waals surface area contributed by atoms with Crippen LogP contribution in [0.5, 0.6) is 0 Å². The molecule has 0 aliphatic rings. The minimum absolute atomic E-state index is 1.12. The maximum absolute atomic E-state index is 2.36. The highest BCUT2D eigenvalue weighted by molar-refractivity contribution is 7.25. The number of rotatable bonds is 6. The Hall–Kier alpha value is -5.44. The SMILES string of the molecule is c1ccc(-c2ccc(N(c3cccc(-c4ccccc4)c3)c3cccc(-c4ccc5sc6ccccc6c5c4)c3)cc2)cc1. The normalized spacial score (nSPS) is 11.2. The quantitative estimate of drug-likeness (QED) is 0.189. The van der Waals surface area contributed by atoms with Crippen LogP contribution in [0.1, 0.15) is 0 Å². The molecular formula is C42H29NS. The van der Waals surface area contributed by atoms with Crippen LogP contribution in [0.15, 0.2) is 176 Å². The molecule has 0 fully saturated rings. The van der Waals surface area contributed by atoms with Crippen LogP contribution in [0.4, 0.5) is 17.1 Å². The molecule has 8 aromatic rings. The van der Waals surface area contributed by atoms with Gasteiger partial charge in [-0.15, -0.1) is 11.3 Å². The fraction of sp³-hybridized carbons (Fsp3) is 0. The van der Waals surface area contributed by atoms with Gasteiger partial charge in [0.2, 0.25) is 0 Å². The summed E-state index contributed by atoms with van der Waals surface area (Å²) in [5.74, 6) is 0. The van der Waals surface area contributed by atoms with Gasteiger partial charge in [0, 0.05) is 37.2 Å². The van der Waals surface area contributed by atoms with E-state index in [4.69, 9.17) is 0 Å². The Bertz CT molecular complexity index is 2210. The number of anilines is 3. The third-order valence-electron chi connectivity index (χ3n) is 8.26. The Labute approximate surface area is 261 Å². The van der Waals surface area contributed by atoms with Crippen LogP contribution in [0.3, 0.4) is 0 Å². The van der Waals surface area contributed by atoms with Crippen molar-refractivity contribution in [2.75, 3.05) is 4.90 Å². The second kappa shape index (κ2) is 11.3. The molecule has 0 saturated heterocycles. The van der Waals surface area contributed by atoms with Crippen LogP contribution >= 0.6 is 11.3 Å². The van der Waals surface area contributed by atoms with E-state index >= 15 is 0 Å². The van der Waals surface area contributed by atoms with Gasteiger partial charge in [-0.2, -0.15) is 0 Å². The maximum Gasteiger partial charge on any atom is 0.0467 e. The van der Waals surface area contributed by atoms with Crippen LogP contribution in [0.2, 0.25) is 0 Å². The van der Waals surface area contributed by atoms with Gasteiger partial charge < -0.3 is 4.90 Å². The first-order valence-corrected chi connectivity index (χ1v) is 15.7. The van der Waals surface area contributed by atoms with Crippen LogP contribution in [-0.4, -0.2) is 0 Å². The summed E-state index contributed by atoms with van der Waals surface area (Å²) in [6, 6.07) is 63.4. The van der Waals surface area contributed by atoms with E-state index in [2.05, 4.69) is 181 Å². The second-order valence-electron chi connectivity index (χ2n) is 11.0. The van der Waals surface area contributed by atoms with Crippen molar-refractivity contribution in [1.29, 1.82) is 0 Å². The molecule has 0 bridgehead atoms. The van der Waals surface area contributed by atoms with Crippen molar-refractivity contribution < 1.29 is 0 Å². The zero-order valence-electron chi connectivity index (χ0n) is 24.1. The lowest BCUT2D eigenvalue weighted by molar-refractivity contribution is 1.28. The fourth-order valence-corrected chi connectivity index (χ4v) is 7.15. The van der Waals surface area contributed by atoms with E-state index in [1.165, 1.54) is 53.6 Å². The third kappa shape index (κ3) is 4.96. The molecular weight excluding hydrogens is 551 g/mol. The first kappa shape index (κ1) is 26.2. The highest BCUT2D eigenvalue weighted by atomic mass is 32.1. The van der Waals surface area contributed by atoms with Gasteiger partial charge in [0.1, 0.15) is 0 Å². The minimum atomic E-state index is 1.12. The summed E-state index contributed by atoms with van der Waals surface area (Å²) in [5, 5.41) is 2.64. The molecule has 0 spiro atoms. The van der Waals surface area contributed by atoms with E-state index in [-0.39, 0.29) is 0 Å². The molecule has 1 nitrogen and oxygen atoms in total. The topological polar surface area (TPSA) is 3.24 Å². The Morgan fingerprint density at radius 2 is 0.773 bits per heavy atom. The van der Waals surface area contributed by atoms with Gasteiger partial charge in [-0.1, -0.05) is 121 Å². The van der Waals surface area contributed by atoms with Crippen LogP contribution in [0, 0.1) is 0 Å². The number of hydrogen-bond donors (Lipinski definition) is 0. The number of hydrogen-bond acceptors (Lipinski definition) is 2. The lowest BCUT2D eigenvalue weighted by Crippen LogP contribution is -2.10. The number of thiophene rings is 1. The van der Waals surface area contributed by atoms with Gasteiger partial charge in [-0.3, -0.25) is 0 Å². The smallest absolute Gasteiger partial charge is 0.0467 e. The van der Waals surface area contributed by atoms with Crippen molar-refractivity contribution in [2.45, 2.75) is 0 Å². The molecule has 1 aromatic heterocycles. The van der Waals surface area contributed by atoms with Gasteiger partial charge in [0.05, 0.1) is 0 Å². The summed E-state index contributed by atoms with van der Waals surface area (Å²) in [6.45, 7) is 0. The van der Waals surface area contributed by atoms with Crippen LogP contribution in [0.25, 0.3) is 53.6 Å². The molecule has 7 aromatic carbocycles. The second-order valence-corrected chi connectivity index (χ2v) is 12.1. The molecule has 8 rings (SSSR count). The minimum Gasteiger partial charge on any atom is -0.310 e. The van der Waals surface area contributed by atoms with Crippen molar-refractivity contribution in [3.05, 3.63) is 176 Å². The number of fused-ring (bicyclic) bond motifs is 3. The molecule has 0 aliphatic heterocycles. The molecule has 2 heteroatoms. The Balaban J connectivity index is 1.25. The molecule has 0 amide bonds. The molecule has 44 heavy (non-hydrogen) atoms. The van der Waals surface area contributed by atoms with E-state index in [0.29, 0.717) is 0 Å². The monoisotopic (exact) mass is 579 g/mol. The predicted octanol–water partition coefficient (Wildman–Crippen LogP) is 12.5. The van der Waals surface area contributed by atoms with E-state index < -0.39 is 0 Å². The van der Waals surface area contributed by atoms with Gasteiger partial charge in [-0.25, -0.2) is 0 Å².